The highest BCUT2D eigenvalue weighted by Crippen LogP contribution is 2.33. The number of nitrogens with zero attached hydrogens (tertiary/aromatic N) is 1. The Morgan fingerprint density at radius 1 is 0.879 bits per heavy atom. The Morgan fingerprint density at radius 3 is 2.00 bits per heavy atom. The Morgan fingerprint density at radius 2 is 1.45 bits per heavy atom. The lowest BCUT2D eigenvalue weighted by Gasteiger charge is -2.45. The zero-order chi connectivity index (χ0) is 23.3. The third-order valence-corrected chi connectivity index (χ3v) is 6.57. The molecule has 0 amide bonds. The van der Waals surface area contributed by atoms with Gasteiger partial charge in [-0.05, 0) is 52.4 Å². The van der Waals surface area contributed by atoms with Crippen molar-refractivity contribution in [3.8, 4) is 0 Å². The van der Waals surface area contributed by atoms with E-state index in [4.69, 9.17) is 0 Å². The van der Waals surface area contributed by atoms with Crippen LogP contribution in [0.4, 0.5) is 8.78 Å². The number of halogens is 2. The molecule has 3 aromatic carbocycles. The Hall–Kier alpha value is -2.60. The van der Waals surface area contributed by atoms with Gasteiger partial charge in [0.05, 0.1) is 5.54 Å². The van der Waals surface area contributed by atoms with Gasteiger partial charge in [-0.3, -0.25) is 4.90 Å². The Kier molecular flexibility index (Phi) is 7.53. The molecule has 2 N–H and O–H groups in total. The quantitative estimate of drug-likeness (QED) is 0.473. The molecule has 1 saturated heterocycles. The van der Waals surface area contributed by atoms with Crippen LogP contribution in [0.25, 0.3) is 0 Å². The minimum absolute atomic E-state index is 0.258. The SMILES string of the molecule is CC(C)c1ccc(CNCCN2CCNC(c3ccc(F)cc3)(c3ccc(F)cc3)C2)cc1. The largest absolute Gasteiger partial charge is 0.311 e. The summed E-state index contributed by atoms with van der Waals surface area (Å²) in [7, 11) is 0. The highest BCUT2D eigenvalue weighted by atomic mass is 19.1. The van der Waals surface area contributed by atoms with Crippen LogP contribution in [-0.4, -0.2) is 37.6 Å². The van der Waals surface area contributed by atoms with Crippen molar-refractivity contribution in [1.29, 1.82) is 0 Å². The number of hydrogen-bond donors (Lipinski definition) is 2. The molecule has 5 heteroatoms. The molecular formula is C28H33F2N3. The van der Waals surface area contributed by atoms with E-state index in [-0.39, 0.29) is 11.6 Å². The fourth-order valence-electron chi connectivity index (χ4n) is 4.60. The zero-order valence-electron chi connectivity index (χ0n) is 19.5. The minimum Gasteiger partial charge on any atom is -0.311 e. The van der Waals surface area contributed by atoms with Gasteiger partial charge in [-0.15, -0.1) is 0 Å². The van der Waals surface area contributed by atoms with Crippen molar-refractivity contribution in [2.75, 3.05) is 32.7 Å². The maximum Gasteiger partial charge on any atom is 0.123 e. The maximum absolute atomic E-state index is 13.6. The molecule has 33 heavy (non-hydrogen) atoms. The molecule has 1 aliphatic rings. The second-order valence-corrected chi connectivity index (χ2v) is 9.20. The van der Waals surface area contributed by atoms with Gasteiger partial charge in [0.1, 0.15) is 11.6 Å². The monoisotopic (exact) mass is 449 g/mol. The summed E-state index contributed by atoms with van der Waals surface area (Å²) < 4.78 is 27.3. The maximum atomic E-state index is 13.6. The third kappa shape index (κ3) is 5.67. The Labute approximate surface area is 195 Å². The molecule has 1 heterocycles. The fraction of sp³-hybridized carbons (Fsp3) is 0.357. The minimum atomic E-state index is -0.508. The second-order valence-electron chi connectivity index (χ2n) is 9.20. The molecule has 4 rings (SSSR count). The van der Waals surface area contributed by atoms with Crippen molar-refractivity contribution < 1.29 is 8.78 Å². The average Bonchev–Trinajstić information content (AvgIpc) is 2.83. The first kappa shape index (κ1) is 23.6. The van der Waals surface area contributed by atoms with Gasteiger partial charge in [0.15, 0.2) is 0 Å². The van der Waals surface area contributed by atoms with Gasteiger partial charge in [-0.1, -0.05) is 62.4 Å². The van der Waals surface area contributed by atoms with Gasteiger partial charge in [0, 0.05) is 39.3 Å². The molecule has 0 unspecified atom stereocenters. The molecular weight excluding hydrogens is 416 g/mol. The molecule has 1 fully saturated rings. The standard InChI is InChI=1S/C28H33F2N3/c1-21(2)23-5-3-22(4-6-23)19-31-15-17-33-18-16-32-28(20-33,24-7-11-26(29)12-8-24)25-9-13-27(30)14-10-25/h3-14,21,31-32H,15-20H2,1-2H3. The average molecular weight is 450 g/mol. The van der Waals surface area contributed by atoms with E-state index >= 15 is 0 Å². The molecule has 0 radical (unpaired) electrons. The van der Waals surface area contributed by atoms with Crippen LogP contribution in [0.1, 0.15) is 42.0 Å². The van der Waals surface area contributed by atoms with Gasteiger partial charge >= 0.3 is 0 Å². The van der Waals surface area contributed by atoms with Crippen molar-refractivity contribution in [2.45, 2.75) is 31.8 Å². The normalized spacial score (nSPS) is 16.3. The molecule has 0 atom stereocenters. The van der Waals surface area contributed by atoms with Gasteiger partial charge in [-0.2, -0.15) is 0 Å². The van der Waals surface area contributed by atoms with Crippen molar-refractivity contribution in [3.63, 3.8) is 0 Å². The zero-order valence-corrected chi connectivity index (χ0v) is 19.5. The van der Waals surface area contributed by atoms with E-state index < -0.39 is 5.54 Å². The van der Waals surface area contributed by atoms with Crippen LogP contribution in [0.5, 0.6) is 0 Å². The predicted octanol–water partition coefficient (Wildman–Crippen LogP) is 5.03. The first-order valence-electron chi connectivity index (χ1n) is 11.8. The molecule has 3 aromatic rings. The number of hydrogen-bond acceptors (Lipinski definition) is 3. The molecule has 0 spiro atoms. The van der Waals surface area contributed by atoms with Crippen LogP contribution in [0, 0.1) is 11.6 Å². The summed E-state index contributed by atoms with van der Waals surface area (Å²) in [6.45, 7) is 9.48. The molecule has 0 aliphatic carbocycles. The van der Waals surface area contributed by atoms with E-state index in [0.29, 0.717) is 5.92 Å². The molecule has 1 aliphatic heterocycles. The van der Waals surface area contributed by atoms with Gasteiger partial charge in [0.2, 0.25) is 0 Å². The topological polar surface area (TPSA) is 27.3 Å². The number of rotatable bonds is 8. The Bertz CT molecular complexity index is 969. The fourth-order valence-corrected chi connectivity index (χ4v) is 4.60. The highest BCUT2D eigenvalue weighted by molar-refractivity contribution is 5.40. The summed E-state index contributed by atoms with van der Waals surface area (Å²) >= 11 is 0. The van der Waals surface area contributed by atoms with Crippen LogP contribution < -0.4 is 10.6 Å². The van der Waals surface area contributed by atoms with Crippen LogP contribution >= 0.6 is 0 Å². The van der Waals surface area contributed by atoms with Crippen molar-refractivity contribution in [3.05, 3.63) is 107 Å². The smallest absolute Gasteiger partial charge is 0.123 e. The van der Waals surface area contributed by atoms with E-state index in [0.717, 1.165) is 50.4 Å². The summed E-state index contributed by atoms with van der Waals surface area (Å²) in [5.41, 5.74) is 4.10. The van der Waals surface area contributed by atoms with E-state index in [1.54, 1.807) is 0 Å². The van der Waals surface area contributed by atoms with E-state index in [9.17, 15) is 8.78 Å². The van der Waals surface area contributed by atoms with Crippen molar-refractivity contribution >= 4 is 0 Å². The van der Waals surface area contributed by atoms with Gasteiger partial charge in [0.25, 0.3) is 0 Å². The summed E-state index contributed by atoms with van der Waals surface area (Å²) in [5, 5.41) is 7.22. The third-order valence-electron chi connectivity index (χ3n) is 6.57. The summed E-state index contributed by atoms with van der Waals surface area (Å²) in [5.74, 6) is 0.0276. The summed E-state index contributed by atoms with van der Waals surface area (Å²) in [6, 6.07) is 22.1. The summed E-state index contributed by atoms with van der Waals surface area (Å²) in [6.07, 6.45) is 0. The first-order chi connectivity index (χ1) is 16.0. The van der Waals surface area contributed by atoms with E-state index in [1.807, 2.05) is 24.3 Å². The lowest BCUT2D eigenvalue weighted by atomic mass is 9.81. The molecule has 0 bridgehead atoms. The van der Waals surface area contributed by atoms with Crippen molar-refractivity contribution in [2.24, 2.45) is 0 Å². The molecule has 0 aromatic heterocycles. The number of piperazine rings is 1. The second kappa shape index (κ2) is 10.6. The van der Waals surface area contributed by atoms with Gasteiger partial charge < -0.3 is 10.6 Å². The van der Waals surface area contributed by atoms with Gasteiger partial charge in [-0.25, -0.2) is 8.78 Å². The Balaban J connectivity index is 1.42. The van der Waals surface area contributed by atoms with E-state index in [1.165, 1.54) is 35.4 Å². The van der Waals surface area contributed by atoms with Crippen LogP contribution in [0.15, 0.2) is 72.8 Å². The van der Waals surface area contributed by atoms with Crippen LogP contribution in [-0.2, 0) is 12.1 Å². The van der Waals surface area contributed by atoms with Crippen LogP contribution in [0.2, 0.25) is 0 Å². The number of benzene rings is 3. The first-order valence-corrected chi connectivity index (χ1v) is 11.8. The van der Waals surface area contributed by atoms with Crippen molar-refractivity contribution in [1.82, 2.24) is 15.5 Å². The summed E-state index contributed by atoms with van der Waals surface area (Å²) in [4.78, 5) is 2.41. The lowest BCUT2D eigenvalue weighted by molar-refractivity contribution is 0.156. The molecule has 0 saturated carbocycles. The number of nitrogens with one attached hydrogen (secondary N) is 2. The lowest BCUT2D eigenvalue weighted by Crippen LogP contribution is -2.59. The highest BCUT2D eigenvalue weighted by Gasteiger charge is 2.38. The molecule has 3 nitrogen and oxygen atoms in total. The van der Waals surface area contributed by atoms with Crippen LogP contribution in [0.3, 0.4) is 0 Å². The molecule has 174 valence electrons. The van der Waals surface area contributed by atoms with E-state index in [2.05, 4.69) is 53.6 Å². The predicted molar refractivity (Wildman–Crippen MR) is 130 cm³/mol.